The first-order chi connectivity index (χ1) is 13.8. The molecule has 4 aromatic carbocycles. The van der Waals surface area contributed by atoms with Gasteiger partial charge in [-0.25, -0.2) is 0 Å². The van der Waals surface area contributed by atoms with Crippen LogP contribution in [0.3, 0.4) is 0 Å². The van der Waals surface area contributed by atoms with Gasteiger partial charge in [0.2, 0.25) is 0 Å². The van der Waals surface area contributed by atoms with E-state index in [-0.39, 0.29) is 0 Å². The molecule has 0 fully saturated rings. The fourth-order valence-electron chi connectivity index (χ4n) is 3.73. The van der Waals surface area contributed by atoms with Gasteiger partial charge in [-0.1, -0.05) is 84.9 Å². The van der Waals surface area contributed by atoms with Gasteiger partial charge in [-0.15, -0.1) is 0 Å². The number of hydrogen-bond acceptors (Lipinski definition) is 1. The van der Waals surface area contributed by atoms with Crippen LogP contribution in [0, 0.1) is 6.92 Å². The second-order valence-electron chi connectivity index (χ2n) is 7.15. The van der Waals surface area contributed by atoms with Crippen molar-refractivity contribution >= 4 is 11.0 Å². The molecule has 28 heavy (non-hydrogen) atoms. The molecular weight excluding hydrogens is 340 g/mol. The Kier molecular flexibility index (Phi) is 4.06. The third-order valence-corrected chi connectivity index (χ3v) is 5.12. The number of rotatable bonds is 3. The molecule has 5 rings (SSSR count). The molecule has 0 bridgehead atoms. The van der Waals surface area contributed by atoms with E-state index < -0.39 is 0 Å². The maximum Gasteiger partial charge on any atom is 0.142 e. The zero-order valence-electron chi connectivity index (χ0n) is 15.7. The molecule has 0 aliphatic heterocycles. The first kappa shape index (κ1) is 16.6. The van der Waals surface area contributed by atoms with E-state index >= 15 is 0 Å². The normalized spacial score (nSPS) is 11.0. The predicted molar refractivity (Wildman–Crippen MR) is 117 cm³/mol. The van der Waals surface area contributed by atoms with Crippen molar-refractivity contribution in [3.8, 4) is 33.6 Å². The van der Waals surface area contributed by atoms with Crippen molar-refractivity contribution in [3.63, 3.8) is 0 Å². The molecule has 0 spiro atoms. The van der Waals surface area contributed by atoms with E-state index in [1.165, 1.54) is 22.3 Å². The summed E-state index contributed by atoms with van der Waals surface area (Å²) < 4.78 is 6.31. The van der Waals surface area contributed by atoms with Gasteiger partial charge >= 0.3 is 0 Å². The molecule has 0 aliphatic carbocycles. The van der Waals surface area contributed by atoms with Crippen LogP contribution >= 0.6 is 0 Å². The molecule has 1 nitrogen and oxygen atoms in total. The van der Waals surface area contributed by atoms with Crippen molar-refractivity contribution < 1.29 is 4.42 Å². The van der Waals surface area contributed by atoms with Gasteiger partial charge in [-0.05, 0) is 47.4 Å². The molecule has 0 saturated heterocycles. The summed E-state index contributed by atoms with van der Waals surface area (Å²) in [5, 5.41) is 1.14. The van der Waals surface area contributed by atoms with Crippen molar-refractivity contribution in [3.05, 3.63) is 109 Å². The number of fused-ring (bicyclic) bond motifs is 1. The van der Waals surface area contributed by atoms with Crippen molar-refractivity contribution in [2.45, 2.75) is 6.92 Å². The first-order valence-corrected chi connectivity index (χ1v) is 9.53. The van der Waals surface area contributed by atoms with E-state index in [1.807, 2.05) is 24.3 Å². The second-order valence-corrected chi connectivity index (χ2v) is 7.15. The number of benzene rings is 4. The predicted octanol–water partition coefficient (Wildman–Crippen LogP) is 7.74. The van der Waals surface area contributed by atoms with E-state index in [4.69, 9.17) is 4.42 Å². The molecule has 5 aromatic rings. The number of hydrogen-bond donors (Lipinski definition) is 0. The summed E-state index contributed by atoms with van der Waals surface area (Å²) in [5.41, 5.74) is 8.03. The molecule has 1 heteroatoms. The number of aryl methyl sites for hydroxylation is 1. The van der Waals surface area contributed by atoms with Crippen molar-refractivity contribution in [1.29, 1.82) is 0 Å². The second kappa shape index (κ2) is 6.86. The van der Waals surface area contributed by atoms with Gasteiger partial charge in [0, 0.05) is 16.5 Å². The highest BCUT2D eigenvalue weighted by Gasteiger charge is 2.12. The Balaban J connectivity index is 1.61. The van der Waals surface area contributed by atoms with Gasteiger partial charge in [0.15, 0.2) is 0 Å². The lowest BCUT2D eigenvalue weighted by atomic mass is 9.98. The fourth-order valence-corrected chi connectivity index (χ4v) is 3.73. The standard InChI is InChI=1S/C27H20O/c1-19-16-24-18-26(23-10-6-3-7-11-23)28-27(24)25(17-19)22-14-12-21(13-15-22)20-8-4-2-5-9-20/h2-18H,1H3. The lowest BCUT2D eigenvalue weighted by Crippen LogP contribution is -1.83. The van der Waals surface area contributed by atoms with Crippen LogP contribution in [0.4, 0.5) is 0 Å². The van der Waals surface area contributed by atoms with E-state index in [2.05, 4.69) is 85.8 Å². The van der Waals surface area contributed by atoms with Gasteiger partial charge in [0.1, 0.15) is 11.3 Å². The largest absolute Gasteiger partial charge is 0.455 e. The molecule has 0 radical (unpaired) electrons. The molecule has 1 heterocycles. The molecular formula is C27H20O. The molecule has 0 N–H and O–H groups in total. The van der Waals surface area contributed by atoms with Gasteiger partial charge in [-0.3, -0.25) is 0 Å². The minimum atomic E-state index is 0.906. The van der Waals surface area contributed by atoms with E-state index in [0.29, 0.717) is 0 Å². The highest BCUT2D eigenvalue weighted by molar-refractivity contribution is 5.95. The zero-order chi connectivity index (χ0) is 18.9. The van der Waals surface area contributed by atoms with Gasteiger partial charge in [-0.2, -0.15) is 0 Å². The maximum atomic E-state index is 6.31. The van der Waals surface area contributed by atoms with Crippen molar-refractivity contribution in [2.24, 2.45) is 0 Å². The van der Waals surface area contributed by atoms with Crippen LogP contribution in [0.1, 0.15) is 5.56 Å². The third kappa shape index (κ3) is 3.01. The lowest BCUT2D eigenvalue weighted by molar-refractivity contribution is 0.632. The van der Waals surface area contributed by atoms with Crippen LogP contribution in [0.15, 0.2) is 108 Å². The Morgan fingerprint density at radius 1 is 0.536 bits per heavy atom. The van der Waals surface area contributed by atoms with Crippen molar-refractivity contribution in [2.75, 3.05) is 0 Å². The minimum Gasteiger partial charge on any atom is -0.455 e. The Bertz CT molecular complexity index is 1230. The SMILES string of the molecule is Cc1cc(-c2ccc(-c3ccccc3)cc2)c2oc(-c3ccccc3)cc2c1. The minimum absolute atomic E-state index is 0.906. The van der Waals surface area contributed by atoms with Crippen molar-refractivity contribution in [1.82, 2.24) is 0 Å². The molecule has 1 aromatic heterocycles. The Morgan fingerprint density at radius 3 is 1.79 bits per heavy atom. The van der Waals surface area contributed by atoms with Crippen LogP contribution in [-0.4, -0.2) is 0 Å². The van der Waals surface area contributed by atoms with E-state index in [0.717, 1.165) is 27.9 Å². The molecule has 0 saturated carbocycles. The Hall–Kier alpha value is -3.58. The fraction of sp³-hybridized carbons (Fsp3) is 0.0370. The highest BCUT2D eigenvalue weighted by Crippen LogP contribution is 2.36. The highest BCUT2D eigenvalue weighted by atomic mass is 16.3. The summed E-state index contributed by atoms with van der Waals surface area (Å²) in [4.78, 5) is 0. The molecule has 0 amide bonds. The average molecular weight is 360 g/mol. The Morgan fingerprint density at radius 2 is 1.11 bits per heavy atom. The van der Waals surface area contributed by atoms with Gasteiger partial charge < -0.3 is 4.42 Å². The summed E-state index contributed by atoms with van der Waals surface area (Å²) in [6.45, 7) is 2.14. The van der Waals surface area contributed by atoms with Gasteiger partial charge in [0.25, 0.3) is 0 Å². The smallest absolute Gasteiger partial charge is 0.142 e. The van der Waals surface area contributed by atoms with Gasteiger partial charge in [0.05, 0.1) is 0 Å². The van der Waals surface area contributed by atoms with Crippen LogP contribution in [0.2, 0.25) is 0 Å². The number of furan rings is 1. The van der Waals surface area contributed by atoms with Crippen LogP contribution in [-0.2, 0) is 0 Å². The lowest BCUT2D eigenvalue weighted by Gasteiger charge is -2.07. The summed E-state index contributed by atoms with van der Waals surface area (Å²) >= 11 is 0. The summed E-state index contributed by atoms with van der Waals surface area (Å²) in [6.07, 6.45) is 0. The summed E-state index contributed by atoms with van der Waals surface area (Å²) in [5.74, 6) is 0.906. The van der Waals surface area contributed by atoms with Crippen LogP contribution < -0.4 is 0 Å². The summed E-state index contributed by atoms with van der Waals surface area (Å²) in [6, 6.07) is 36.0. The third-order valence-electron chi connectivity index (χ3n) is 5.12. The topological polar surface area (TPSA) is 13.1 Å². The first-order valence-electron chi connectivity index (χ1n) is 9.53. The monoisotopic (exact) mass is 360 g/mol. The molecule has 134 valence electrons. The molecule has 0 unspecified atom stereocenters. The van der Waals surface area contributed by atoms with Crippen LogP contribution in [0.5, 0.6) is 0 Å². The van der Waals surface area contributed by atoms with E-state index in [9.17, 15) is 0 Å². The maximum absolute atomic E-state index is 6.31. The van der Waals surface area contributed by atoms with E-state index in [1.54, 1.807) is 0 Å². The zero-order valence-corrected chi connectivity index (χ0v) is 15.7. The Labute approximate surface area is 164 Å². The molecule has 0 atom stereocenters. The summed E-state index contributed by atoms with van der Waals surface area (Å²) in [7, 11) is 0. The average Bonchev–Trinajstić information content (AvgIpc) is 3.18. The molecule has 0 aliphatic rings. The van der Waals surface area contributed by atoms with Crippen LogP contribution in [0.25, 0.3) is 44.5 Å². The quantitative estimate of drug-likeness (QED) is 0.321.